The van der Waals surface area contributed by atoms with Crippen LogP contribution in [0.3, 0.4) is 0 Å². The number of carboxylic acid groups (broad SMARTS) is 1. The fourth-order valence-electron chi connectivity index (χ4n) is 5.57. The summed E-state index contributed by atoms with van der Waals surface area (Å²) < 4.78 is 47.8. The van der Waals surface area contributed by atoms with E-state index < -0.39 is 44.5 Å². The van der Waals surface area contributed by atoms with Gasteiger partial charge in [-0.3, -0.25) is 9.79 Å². The Morgan fingerprint density at radius 3 is 2.58 bits per heavy atom. The van der Waals surface area contributed by atoms with Gasteiger partial charge in [0.15, 0.2) is 10.8 Å². The predicted molar refractivity (Wildman–Crippen MR) is 150 cm³/mol. The van der Waals surface area contributed by atoms with Crippen molar-refractivity contribution in [3.05, 3.63) is 61.9 Å². The molecular formula is C26H28BrFN4O6S2. The van der Waals surface area contributed by atoms with Gasteiger partial charge in [0.1, 0.15) is 11.9 Å². The van der Waals surface area contributed by atoms with Gasteiger partial charge >= 0.3 is 11.9 Å². The summed E-state index contributed by atoms with van der Waals surface area (Å²) in [6.07, 6.45) is 2.62. The summed E-state index contributed by atoms with van der Waals surface area (Å²) in [5.74, 6) is -1.92. The van der Waals surface area contributed by atoms with Crippen molar-refractivity contribution in [2.75, 3.05) is 20.2 Å². The number of methoxy groups -OCH3 is 1. The zero-order valence-electron chi connectivity index (χ0n) is 21.8. The minimum Gasteiger partial charge on any atom is -0.481 e. The van der Waals surface area contributed by atoms with Crippen LogP contribution in [0.25, 0.3) is 0 Å². The van der Waals surface area contributed by atoms with Crippen LogP contribution in [0, 0.1) is 17.2 Å². The van der Waals surface area contributed by atoms with E-state index in [1.54, 1.807) is 30.6 Å². The van der Waals surface area contributed by atoms with Crippen molar-refractivity contribution in [1.82, 2.24) is 14.6 Å². The standard InChI is InChI=1S/C26H28BrFN4O6S2/c1-26(25(34)35)12-15(13-26)40(36,37)32-9-6-14(7-10-32)20-18(24(33)38-2)21(16-4-3-5-17(28)19(16)27)31-22(30-20)23-29-8-11-39-23/h3-5,8,11,14-15,21H,6-7,9-10,12-13H2,1-2H3,(H,30,31)(H,34,35)/t15-,21-,26-/m1/s1. The number of piperidine rings is 1. The number of thiazole rings is 1. The molecule has 1 aromatic heterocycles. The van der Waals surface area contributed by atoms with E-state index in [9.17, 15) is 27.5 Å². The van der Waals surface area contributed by atoms with E-state index in [1.807, 2.05) is 0 Å². The molecular weight excluding hydrogens is 627 g/mol. The minimum absolute atomic E-state index is 0.0849. The number of carbonyl (C=O) groups excluding carboxylic acids is 1. The van der Waals surface area contributed by atoms with Crippen LogP contribution in [0.4, 0.5) is 4.39 Å². The maximum Gasteiger partial charge on any atom is 0.338 e. The summed E-state index contributed by atoms with van der Waals surface area (Å²) in [4.78, 5) is 33.8. The summed E-state index contributed by atoms with van der Waals surface area (Å²) in [5.41, 5.74) is 0.201. The lowest BCUT2D eigenvalue weighted by Crippen LogP contribution is -2.54. The number of aromatic nitrogens is 1. The number of benzene rings is 1. The fraction of sp³-hybridized carbons (Fsp3) is 0.462. The molecule has 2 N–H and O–H groups in total. The highest BCUT2D eigenvalue weighted by Crippen LogP contribution is 2.46. The molecule has 0 radical (unpaired) electrons. The molecule has 1 aliphatic carbocycles. The van der Waals surface area contributed by atoms with Crippen LogP contribution in [-0.4, -0.2) is 66.0 Å². The summed E-state index contributed by atoms with van der Waals surface area (Å²) in [5, 5.41) is 14.3. The van der Waals surface area contributed by atoms with Crippen molar-refractivity contribution in [2.24, 2.45) is 16.3 Å². The van der Waals surface area contributed by atoms with Crippen LogP contribution in [-0.2, 0) is 24.3 Å². The molecule has 3 aliphatic rings. The van der Waals surface area contributed by atoms with Crippen LogP contribution in [0.1, 0.15) is 49.2 Å². The number of amidine groups is 1. The van der Waals surface area contributed by atoms with Gasteiger partial charge in [0, 0.05) is 36.3 Å². The number of rotatable bonds is 7. The van der Waals surface area contributed by atoms with Crippen molar-refractivity contribution in [2.45, 2.75) is 43.9 Å². The van der Waals surface area contributed by atoms with Crippen molar-refractivity contribution in [3.63, 3.8) is 0 Å². The third-order valence-electron chi connectivity index (χ3n) is 7.91. The maximum absolute atomic E-state index is 14.6. The largest absolute Gasteiger partial charge is 0.481 e. The molecule has 214 valence electrons. The Labute approximate surface area is 243 Å². The molecule has 10 nitrogen and oxygen atoms in total. The third-order valence-corrected chi connectivity index (χ3v) is 11.8. The summed E-state index contributed by atoms with van der Waals surface area (Å²) in [6, 6.07) is 3.65. The summed E-state index contributed by atoms with van der Waals surface area (Å²) in [6.45, 7) is 1.99. The predicted octanol–water partition coefficient (Wildman–Crippen LogP) is 3.86. The zero-order valence-corrected chi connectivity index (χ0v) is 25.0. The highest BCUT2D eigenvalue weighted by molar-refractivity contribution is 9.10. The lowest BCUT2D eigenvalue weighted by molar-refractivity contribution is -0.152. The Morgan fingerprint density at radius 2 is 1.98 bits per heavy atom. The molecule has 1 saturated carbocycles. The topological polar surface area (TPSA) is 138 Å². The molecule has 2 fully saturated rings. The highest BCUT2D eigenvalue weighted by atomic mass is 79.9. The molecule has 5 rings (SSSR count). The normalized spacial score (nSPS) is 26.1. The molecule has 1 atom stereocenters. The Morgan fingerprint density at radius 1 is 1.27 bits per heavy atom. The van der Waals surface area contributed by atoms with Gasteiger partial charge in [0.25, 0.3) is 0 Å². The maximum atomic E-state index is 14.6. The Hall–Kier alpha value is -2.68. The van der Waals surface area contributed by atoms with Gasteiger partial charge in [-0.25, -0.2) is 26.9 Å². The molecule has 0 unspecified atom stereocenters. The second-order valence-corrected chi connectivity index (χ2v) is 14.3. The van der Waals surface area contributed by atoms with Gasteiger partial charge in [0.2, 0.25) is 10.0 Å². The molecule has 1 aromatic carbocycles. The van der Waals surface area contributed by atoms with E-state index in [-0.39, 0.29) is 41.9 Å². The van der Waals surface area contributed by atoms with Crippen molar-refractivity contribution >= 4 is 55.1 Å². The number of aliphatic carboxylic acids is 1. The lowest BCUT2D eigenvalue weighted by atomic mass is 9.70. The molecule has 40 heavy (non-hydrogen) atoms. The number of ether oxygens (including phenoxy) is 1. The third kappa shape index (κ3) is 5.10. The number of hydrogen-bond donors (Lipinski definition) is 2. The van der Waals surface area contributed by atoms with Crippen molar-refractivity contribution in [1.29, 1.82) is 0 Å². The average molecular weight is 656 g/mol. The van der Waals surface area contributed by atoms with Crippen molar-refractivity contribution < 1.29 is 32.2 Å². The van der Waals surface area contributed by atoms with Crippen LogP contribution in [0.15, 0.2) is 50.5 Å². The van der Waals surface area contributed by atoms with E-state index in [1.165, 1.54) is 28.8 Å². The summed E-state index contributed by atoms with van der Waals surface area (Å²) in [7, 11) is -2.40. The lowest BCUT2D eigenvalue weighted by Gasteiger charge is -2.44. The molecule has 3 heterocycles. The number of hydrogen-bond acceptors (Lipinski definition) is 9. The first-order chi connectivity index (χ1) is 19.0. The number of sulfonamides is 1. The van der Waals surface area contributed by atoms with Crippen LogP contribution in [0.5, 0.6) is 0 Å². The van der Waals surface area contributed by atoms with E-state index in [0.717, 1.165) is 0 Å². The fourth-order valence-corrected chi connectivity index (χ4v) is 8.93. The van der Waals surface area contributed by atoms with Crippen molar-refractivity contribution in [3.8, 4) is 0 Å². The van der Waals surface area contributed by atoms with Gasteiger partial charge in [0.05, 0.1) is 27.8 Å². The highest BCUT2D eigenvalue weighted by Gasteiger charge is 2.53. The summed E-state index contributed by atoms with van der Waals surface area (Å²) >= 11 is 4.67. The average Bonchev–Trinajstić information content (AvgIpc) is 3.47. The SMILES string of the molecule is COC(=O)C1=C(C2CCN(S(=O)(=O)[C@H]3C[C@](C)(C(=O)O)C3)CC2)NC(c2nccs2)=N[C@@H]1c1cccc(F)c1Br. The number of carboxylic acids is 1. The van der Waals surface area contributed by atoms with E-state index in [2.05, 4.69) is 26.2 Å². The van der Waals surface area contributed by atoms with E-state index >= 15 is 0 Å². The first kappa shape index (κ1) is 28.8. The first-order valence-electron chi connectivity index (χ1n) is 12.7. The number of carbonyl (C=O) groups is 2. The Kier molecular flexibility index (Phi) is 7.89. The first-order valence-corrected chi connectivity index (χ1v) is 15.9. The molecule has 0 bridgehead atoms. The van der Waals surface area contributed by atoms with E-state index in [0.29, 0.717) is 34.9 Å². The number of nitrogens with zero attached hydrogens (tertiary/aromatic N) is 3. The van der Waals surface area contributed by atoms with Gasteiger partial charge in [-0.05, 0) is 60.2 Å². The number of aliphatic imine (C=N–C) groups is 1. The number of halogens is 2. The zero-order chi connectivity index (χ0) is 28.8. The van der Waals surface area contributed by atoms with Gasteiger partial charge in [-0.2, -0.15) is 0 Å². The monoisotopic (exact) mass is 654 g/mol. The minimum atomic E-state index is -3.67. The van der Waals surface area contributed by atoms with Gasteiger partial charge in [-0.1, -0.05) is 12.1 Å². The van der Waals surface area contributed by atoms with Crippen LogP contribution >= 0.6 is 27.3 Å². The smallest absolute Gasteiger partial charge is 0.338 e. The quantitative estimate of drug-likeness (QED) is 0.429. The van der Waals surface area contributed by atoms with Gasteiger partial charge < -0.3 is 15.2 Å². The molecule has 2 aromatic rings. The number of allylic oxidation sites excluding steroid dienone is 1. The molecule has 1 saturated heterocycles. The molecule has 14 heteroatoms. The molecule has 0 spiro atoms. The number of nitrogens with one attached hydrogen (secondary N) is 1. The second kappa shape index (κ2) is 11.0. The number of esters is 1. The van der Waals surface area contributed by atoms with Crippen LogP contribution in [0.2, 0.25) is 0 Å². The second-order valence-electron chi connectivity index (χ2n) is 10.4. The van der Waals surface area contributed by atoms with Crippen LogP contribution < -0.4 is 5.32 Å². The Bertz CT molecular complexity index is 1500. The van der Waals surface area contributed by atoms with Gasteiger partial charge in [-0.15, -0.1) is 11.3 Å². The molecule has 0 amide bonds. The Balaban J connectivity index is 1.46. The van der Waals surface area contributed by atoms with E-state index in [4.69, 9.17) is 9.73 Å². The molecule has 2 aliphatic heterocycles.